The first-order chi connectivity index (χ1) is 17.8. The third-order valence-corrected chi connectivity index (χ3v) is 6.22. The first kappa shape index (κ1) is 24.6. The van der Waals surface area contributed by atoms with E-state index in [1.807, 2.05) is 40.7 Å². The molecule has 1 N–H and O–H groups in total. The Balaban J connectivity index is 1.29. The number of likely N-dealkylation sites (N-methyl/N-ethyl adjacent to an activating group) is 1. The van der Waals surface area contributed by atoms with Crippen LogP contribution in [0.4, 0.5) is 18.9 Å². The summed E-state index contributed by atoms with van der Waals surface area (Å²) in [4.78, 5) is 21.1. The number of hydrogen-bond donors (Lipinski definition) is 1. The van der Waals surface area contributed by atoms with Crippen LogP contribution in [0.2, 0.25) is 0 Å². The van der Waals surface area contributed by atoms with Crippen molar-refractivity contribution in [2.24, 2.45) is 0 Å². The summed E-state index contributed by atoms with van der Waals surface area (Å²) < 4.78 is 48.8. The fourth-order valence-electron chi connectivity index (χ4n) is 4.17. The normalized spacial score (nSPS) is 14.9. The summed E-state index contributed by atoms with van der Waals surface area (Å²) in [6.45, 7) is 3.22. The highest BCUT2D eigenvalue weighted by Crippen LogP contribution is 2.34. The van der Waals surface area contributed by atoms with Crippen molar-refractivity contribution in [2.75, 3.05) is 38.5 Å². The first-order valence-electron chi connectivity index (χ1n) is 11.7. The van der Waals surface area contributed by atoms with Crippen molar-refractivity contribution >= 4 is 17.2 Å². The van der Waals surface area contributed by atoms with E-state index in [1.54, 1.807) is 6.20 Å². The third-order valence-electron chi connectivity index (χ3n) is 6.22. The summed E-state index contributed by atoms with van der Waals surface area (Å²) in [5.74, 6) is 5.31. The second-order valence-corrected chi connectivity index (χ2v) is 8.89. The number of amides is 1. The predicted molar refractivity (Wildman–Crippen MR) is 132 cm³/mol. The Morgan fingerprint density at radius 2 is 1.89 bits per heavy atom. The van der Waals surface area contributed by atoms with Gasteiger partial charge in [0.25, 0.3) is 5.91 Å². The molecule has 0 atom stereocenters. The van der Waals surface area contributed by atoms with Crippen LogP contribution in [-0.4, -0.2) is 58.3 Å². The minimum Gasteiger partial charge on any atom is -0.443 e. The molecule has 0 aliphatic carbocycles. The van der Waals surface area contributed by atoms with E-state index in [2.05, 4.69) is 27.0 Å². The number of furan rings is 1. The van der Waals surface area contributed by atoms with Gasteiger partial charge in [0.15, 0.2) is 11.5 Å². The summed E-state index contributed by atoms with van der Waals surface area (Å²) in [5, 5.41) is 2.50. The molecule has 0 unspecified atom stereocenters. The van der Waals surface area contributed by atoms with Crippen molar-refractivity contribution in [3.05, 3.63) is 89.3 Å². The van der Waals surface area contributed by atoms with E-state index >= 15 is 0 Å². The SMILES string of the molecule is CN1CCN(Cc2ccc(NC(=O)c3ccc(C#Cc4cnc5ccccn45)o3)cc2C(F)(F)F)CC1. The van der Waals surface area contributed by atoms with E-state index in [9.17, 15) is 18.0 Å². The molecule has 4 heterocycles. The molecule has 37 heavy (non-hydrogen) atoms. The van der Waals surface area contributed by atoms with Gasteiger partial charge >= 0.3 is 6.18 Å². The van der Waals surface area contributed by atoms with Gasteiger partial charge in [-0.25, -0.2) is 4.98 Å². The number of aromatic nitrogens is 2. The van der Waals surface area contributed by atoms with Gasteiger partial charge < -0.3 is 14.6 Å². The summed E-state index contributed by atoms with van der Waals surface area (Å²) >= 11 is 0. The lowest BCUT2D eigenvalue weighted by atomic mass is 10.0. The number of fused-ring (bicyclic) bond motifs is 1. The number of anilines is 1. The van der Waals surface area contributed by atoms with Crippen molar-refractivity contribution in [1.29, 1.82) is 0 Å². The van der Waals surface area contributed by atoms with Crippen molar-refractivity contribution in [3.63, 3.8) is 0 Å². The summed E-state index contributed by atoms with van der Waals surface area (Å²) in [5.41, 5.74) is 0.851. The summed E-state index contributed by atoms with van der Waals surface area (Å²) in [6.07, 6.45) is -1.09. The van der Waals surface area contributed by atoms with Gasteiger partial charge in [-0.2, -0.15) is 13.2 Å². The van der Waals surface area contributed by atoms with E-state index < -0.39 is 17.6 Å². The van der Waals surface area contributed by atoms with Crippen molar-refractivity contribution in [1.82, 2.24) is 19.2 Å². The van der Waals surface area contributed by atoms with E-state index in [0.29, 0.717) is 18.8 Å². The monoisotopic (exact) mass is 507 g/mol. The number of rotatable bonds is 4. The molecular weight excluding hydrogens is 483 g/mol. The van der Waals surface area contributed by atoms with Gasteiger partial charge in [-0.3, -0.25) is 14.1 Å². The molecule has 0 spiro atoms. The minimum atomic E-state index is -4.55. The third kappa shape index (κ3) is 5.69. The van der Waals surface area contributed by atoms with Crippen LogP contribution in [0.15, 0.2) is 65.3 Å². The Morgan fingerprint density at radius 3 is 2.68 bits per heavy atom. The van der Waals surface area contributed by atoms with Gasteiger partial charge in [0, 0.05) is 44.6 Å². The molecule has 1 aromatic carbocycles. The van der Waals surface area contributed by atoms with Crippen molar-refractivity contribution in [2.45, 2.75) is 12.7 Å². The van der Waals surface area contributed by atoms with Gasteiger partial charge in [-0.1, -0.05) is 12.1 Å². The average molecular weight is 508 g/mol. The molecule has 0 saturated carbocycles. The van der Waals surface area contributed by atoms with Crippen LogP contribution in [0, 0.1) is 11.8 Å². The highest BCUT2D eigenvalue weighted by Gasteiger charge is 2.34. The number of piperazine rings is 1. The molecule has 1 fully saturated rings. The Labute approximate surface area is 211 Å². The van der Waals surface area contributed by atoms with Crippen LogP contribution in [-0.2, 0) is 12.7 Å². The number of halogens is 3. The van der Waals surface area contributed by atoms with Gasteiger partial charge in [-0.15, -0.1) is 0 Å². The van der Waals surface area contributed by atoms with E-state index in [0.717, 1.165) is 24.8 Å². The van der Waals surface area contributed by atoms with Gasteiger partial charge in [-0.05, 0) is 60.9 Å². The lowest BCUT2D eigenvalue weighted by Crippen LogP contribution is -2.44. The maximum Gasteiger partial charge on any atom is 0.416 e. The Kier molecular flexibility index (Phi) is 6.74. The van der Waals surface area contributed by atoms with Crippen LogP contribution in [0.1, 0.15) is 33.1 Å². The Morgan fingerprint density at radius 1 is 1.08 bits per heavy atom. The van der Waals surface area contributed by atoms with E-state index in [-0.39, 0.29) is 29.3 Å². The molecule has 0 bridgehead atoms. The highest BCUT2D eigenvalue weighted by atomic mass is 19.4. The zero-order chi connectivity index (χ0) is 26.0. The molecule has 3 aromatic heterocycles. The number of nitrogens with one attached hydrogen (secondary N) is 1. The molecule has 10 heteroatoms. The first-order valence-corrected chi connectivity index (χ1v) is 11.7. The predicted octanol–water partition coefficient (Wildman–Crippen LogP) is 4.35. The smallest absolute Gasteiger partial charge is 0.416 e. The zero-order valence-electron chi connectivity index (χ0n) is 20.0. The highest BCUT2D eigenvalue weighted by molar-refractivity contribution is 6.02. The molecule has 190 valence electrons. The number of carbonyl (C=O) groups excluding carboxylic acids is 1. The molecule has 1 amide bonds. The van der Waals surface area contributed by atoms with E-state index in [4.69, 9.17) is 4.42 Å². The second kappa shape index (κ2) is 10.1. The second-order valence-electron chi connectivity index (χ2n) is 8.89. The van der Waals surface area contributed by atoms with Crippen LogP contribution in [0.25, 0.3) is 5.65 Å². The molecule has 1 saturated heterocycles. The van der Waals surface area contributed by atoms with E-state index in [1.165, 1.54) is 24.3 Å². The van der Waals surface area contributed by atoms with Gasteiger partial charge in [0.05, 0.1) is 11.8 Å². The topological polar surface area (TPSA) is 66.0 Å². The standard InChI is InChI=1S/C27H24F3N5O2/c1-33-12-14-34(15-13-33)18-19-5-6-20(16-23(19)27(28,29)30)32-26(36)24-10-9-22(37-24)8-7-21-17-31-25-4-2-3-11-35(21)25/h2-6,9-11,16-17H,12-15,18H2,1H3,(H,32,36). The number of hydrogen-bond acceptors (Lipinski definition) is 5. The fraction of sp³-hybridized carbons (Fsp3) is 0.259. The number of carbonyl (C=O) groups is 1. The average Bonchev–Trinajstić information content (AvgIpc) is 3.52. The zero-order valence-corrected chi connectivity index (χ0v) is 20.0. The quantitative estimate of drug-likeness (QED) is 0.416. The number of benzene rings is 1. The molecule has 5 rings (SSSR count). The number of imidazole rings is 1. The Bertz CT molecular complexity index is 1490. The summed E-state index contributed by atoms with van der Waals surface area (Å²) in [7, 11) is 1.99. The van der Waals surface area contributed by atoms with Crippen molar-refractivity contribution in [3.8, 4) is 11.8 Å². The summed E-state index contributed by atoms with van der Waals surface area (Å²) in [6, 6.07) is 12.4. The van der Waals surface area contributed by atoms with Gasteiger partial charge in [0.2, 0.25) is 0 Å². The van der Waals surface area contributed by atoms with Gasteiger partial charge in [0.1, 0.15) is 11.3 Å². The van der Waals surface area contributed by atoms with Crippen LogP contribution >= 0.6 is 0 Å². The van der Waals surface area contributed by atoms with Crippen molar-refractivity contribution < 1.29 is 22.4 Å². The fourth-order valence-corrected chi connectivity index (χ4v) is 4.17. The Hall–Kier alpha value is -4.07. The largest absolute Gasteiger partial charge is 0.443 e. The molecule has 1 aliphatic heterocycles. The minimum absolute atomic E-state index is 0.0363. The van der Waals surface area contributed by atoms with Crippen LogP contribution < -0.4 is 5.32 Å². The number of alkyl halides is 3. The molecule has 4 aromatic rings. The maximum atomic E-state index is 13.8. The van der Waals surface area contributed by atoms with Crippen LogP contribution in [0.3, 0.4) is 0 Å². The molecule has 1 aliphatic rings. The molecular formula is C27H24F3N5O2. The lowest BCUT2D eigenvalue weighted by Gasteiger charge is -2.33. The maximum absolute atomic E-state index is 13.8. The van der Waals surface area contributed by atoms with Crippen LogP contribution in [0.5, 0.6) is 0 Å². The molecule has 7 nitrogen and oxygen atoms in total. The lowest BCUT2D eigenvalue weighted by molar-refractivity contribution is -0.138. The number of nitrogens with zero attached hydrogens (tertiary/aromatic N) is 4. The molecule has 0 radical (unpaired) electrons. The number of pyridine rings is 1.